The molecule has 0 amide bonds. The smallest absolute Gasteiger partial charge is 0.211 e. The quantitative estimate of drug-likeness (QED) is 0.450. The van der Waals surface area contributed by atoms with Gasteiger partial charge < -0.3 is 21.5 Å². The van der Waals surface area contributed by atoms with Crippen LogP contribution in [0.4, 0.5) is 17.3 Å². The molecular formula is C21H22N8O. The lowest BCUT2D eigenvalue weighted by molar-refractivity contribution is 0.334. The molecule has 2 aromatic rings. The van der Waals surface area contributed by atoms with E-state index in [4.69, 9.17) is 26.5 Å². The van der Waals surface area contributed by atoms with E-state index in [1.807, 2.05) is 31.3 Å². The third kappa shape index (κ3) is 3.11. The van der Waals surface area contributed by atoms with Crippen LogP contribution in [0.3, 0.4) is 0 Å². The first-order valence-electron chi connectivity index (χ1n) is 9.85. The number of fused-ring (bicyclic) bond motifs is 2. The van der Waals surface area contributed by atoms with Crippen molar-refractivity contribution in [1.29, 1.82) is 10.5 Å². The molecule has 2 heterocycles. The van der Waals surface area contributed by atoms with Crippen molar-refractivity contribution in [3.63, 3.8) is 0 Å². The Morgan fingerprint density at radius 3 is 2.70 bits per heavy atom. The number of benzene rings is 1. The molecule has 0 spiro atoms. The van der Waals surface area contributed by atoms with Gasteiger partial charge in [-0.1, -0.05) is 6.07 Å². The molecule has 0 saturated heterocycles. The SMILES string of the molecule is CCOc1ccc(C2N=C(NC#N)Nc3nc(N)c(C#N)c(N)c32)c2c1CCCC2. The van der Waals surface area contributed by atoms with E-state index in [-0.39, 0.29) is 23.0 Å². The van der Waals surface area contributed by atoms with Crippen LogP contribution < -0.4 is 26.8 Å². The number of pyridine rings is 1. The van der Waals surface area contributed by atoms with E-state index < -0.39 is 6.04 Å². The second-order valence-electron chi connectivity index (χ2n) is 7.15. The predicted octanol–water partition coefficient (Wildman–Crippen LogP) is 2.34. The van der Waals surface area contributed by atoms with Gasteiger partial charge in [0, 0.05) is 5.56 Å². The summed E-state index contributed by atoms with van der Waals surface area (Å²) < 4.78 is 5.85. The van der Waals surface area contributed by atoms with E-state index >= 15 is 0 Å². The maximum Gasteiger partial charge on any atom is 0.211 e. The van der Waals surface area contributed by atoms with E-state index in [1.54, 1.807) is 0 Å². The lowest BCUT2D eigenvalue weighted by Gasteiger charge is -2.30. The largest absolute Gasteiger partial charge is 0.494 e. The van der Waals surface area contributed by atoms with Gasteiger partial charge in [-0.2, -0.15) is 10.5 Å². The number of nitrogens with zero attached hydrogens (tertiary/aromatic N) is 4. The summed E-state index contributed by atoms with van der Waals surface area (Å²) in [5.74, 6) is 1.57. The number of anilines is 3. The third-order valence-electron chi connectivity index (χ3n) is 5.48. The van der Waals surface area contributed by atoms with Gasteiger partial charge in [0.1, 0.15) is 35.1 Å². The highest BCUT2D eigenvalue weighted by molar-refractivity contribution is 5.98. The van der Waals surface area contributed by atoms with E-state index in [1.165, 1.54) is 11.1 Å². The minimum Gasteiger partial charge on any atom is -0.494 e. The van der Waals surface area contributed by atoms with Gasteiger partial charge in [-0.05, 0) is 55.4 Å². The highest BCUT2D eigenvalue weighted by Crippen LogP contribution is 2.44. The number of aromatic nitrogens is 1. The monoisotopic (exact) mass is 402 g/mol. The van der Waals surface area contributed by atoms with E-state index in [2.05, 4.69) is 15.6 Å². The van der Waals surface area contributed by atoms with Crippen molar-refractivity contribution in [3.05, 3.63) is 39.9 Å². The highest BCUT2D eigenvalue weighted by atomic mass is 16.5. The van der Waals surface area contributed by atoms with Crippen molar-refractivity contribution in [3.8, 4) is 18.0 Å². The third-order valence-corrected chi connectivity index (χ3v) is 5.48. The Balaban J connectivity index is 1.95. The number of guanidine groups is 1. The number of nitrogens with two attached hydrogens (primary N) is 2. The number of hydrogen-bond acceptors (Lipinski definition) is 9. The number of nitriles is 2. The van der Waals surface area contributed by atoms with Gasteiger partial charge in [0.25, 0.3) is 0 Å². The summed E-state index contributed by atoms with van der Waals surface area (Å²) in [7, 11) is 0. The Labute approximate surface area is 174 Å². The number of nitrogens with one attached hydrogen (secondary N) is 2. The number of hydrogen-bond donors (Lipinski definition) is 4. The molecule has 2 aliphatic rings. The zero-order valence-electron chi connectivity index (χ0n) is 16.6. The molecule has 4 rings (SSSR count). The minimum absolute atomic E-state index is 0.0342. The van der Waals surface area contributed by atoms with Crippen molar-refractivity contribution >= 4 is 23.3 Å². The summed E-state index contributed by atoms with van der Waals surface area (Å²) in [5.41, 5.74) is 16.6. The van der Waals surface area contributed by atoms with E-state index in [0.29, 0.717) is 18.0 Å². The summed E-state index contributed by atoms with van der Waals surface area (Å²) >= 11 is 0. The normalized spacial score (nSPS) is 16.8. The Kier molecular flexibility index (Phi) is 5.03. The van der Waals surface area contributed by atoms with Crippen molar-refractivity contribution < 1.29 is 4.74 Å². The van der Waals surface area contributed by atoms with Crippen LogP contribution >= 0.6 is 0 Å². The molecule has 1 unspecified atom stereocenters. The molecule has 30 heavy (non-hydrogen) atoms. The van der Waals surface area contributed by atoms with Crippen LogP contribution in [0.2, 0.25) is 0 Å². The summed E-state index contributed by atoms with van der Waals surface area (Å²) in [4.78, 5) is 9.02. The maximum atomic E-state index is 9.50. The first kappa shape index (κ1) is 19.3. The van der Waals surface area contributed by atoms with Crippen molar-refractivity contribution in [2.24, 2.45) is 4.99 Å². The van der Waals surface area contributed by atoms with Crippen molar-refractivity contribution in [2.75, 3.05) is 23.4 Å². The van der Waals surface area contributed by atoms with Gasteiger partial charge >= 0.3 is 0 Å². The average molecular weight is 402 g/mol. The Bertz CT molecular complexity index is 1130. The van der Waals surface area contributed by atoms with Gasteiger partial charge in [0.2, 0.25) is 5.96 Å². The predicted molar refractivity (Wildman–Crippen MR) is 114 cm³/mol. The van der Waals surface area contributed by atoms with E-state index in [9.17, 15) is 5.26 Å². The van der Waals surface area contributed by atoms with Gasteiger partial charge in [-0.15, -0.1) is 0 Å². The van der Waals surface area contributed by atoms with Gasteiger partial charge in [0.15, 0.2) is 6.19 Å². The number of aliphatic imine (C=N–C) groups is 1. The molecule has 9 nitrogen and oxygen atoms in total. The fraction of sp³-hybridized carbons (Fsp3) is 0.333. The molecule has 1 aliphatic heterocycles. The van der Waals surface area contributed by atoms with Gasteiger partial charge in [0.05, 0.1) is 12.3 Å². The van der Waals surface area contributed by atoms with Crippen molar-refractivity contribution in [2.45, 2.75) is 38.6 Å². The van der Waals surface area contributed by atoms with E-state index in [0.717, 1.165) is 37.0 Å². The van der Waals surface area contributed by atoms with Gasteiger partial charge in [-0.25, -0.2) is 9.98 Å². The Hall–Kier alpha value is -3.98. The zero-order valence-corrected chi connectivity index (χ0v) is 16.6. The number of nitrogen functional groups attached to an aromatic ring is 2. The van der Waals surface area contributed by atoms with Crippen LogP contribution in [-0.4, -0.2) is 17.6 Å². The maximum absolute atomic E-state index is 9.50. The second kappa shape index (κ2) is 7.80. The van der Waals surface area contributed by atoms with Crippen LogP contribution in [0.25, 0.3) is 0 Å². The molecule has 1 aromatic heterocycles. The molecule has 0 radical (unpaired) electrons. The summed E-state index contributed by atoms with van der Waals surface area (Å²) in [6, 6.07) is 5.46. The molecular weight excluding hydrogens is 380 g/mol. The molecule has 0 bridgehead atoms. The van der Waals surface area contributed by atoms with Crippen LogP contribution in [0.1, 0.15) is 53.6 Å². The molecule has 1 atom stereocenters. The van der Waals surface area contributed by atoms with Gasteiger partial charge in [-0.3, -0.25) is 5.32 Å². The standard InChI is InChI=1S/C21H22N8O/c1-2-30-15-8-7-13(11-5-3-4-6-12(11)15)18-16-17(24)14(9-22)19(25)28-20(16)29-21(27-18)26-10-23/h7-8,18H,2-6H2,1H3,(H6,24,25,26,27,28,29). The van der Waals surface area contributed by atoms with Crippen LogP contribution in [0.5, 0.6) is 5.75 Å². The fourth-order valence-electron chi connectivity index (χ4n) is 4.22. The lowest BCUT2D eigenvalue weighted by atomic mass is 9.83. The molecule has 1 aromatic carbocycles. The zero-order chi connectivity index (χ0) is 21.3. The molecule has 9 heteroatoms. The topological polar surface area (TPSA) is 158 Å². The Morgan fingerprint density at radius 1 is 1.23 bits per heavy atom. The van der Waals surface area contributed by atoms with Crippen LogP contribution in [0.15, 0.2) is 17.1 Å². The molecule has 1 aliphatic carbocycles. The summed E-state index contributed by atoms with van der Waals surface area (Å²) in [6.07, 6.45) is 5.87. The minimum atomic E-state index is -0.528. The summed E-state index contributed by atoms with van der Waals surface area (Å²) in [6.45, 7) is 2.56. The Morgan fingerprint density at radius 2 is 2.00 bits per heavy atom. The average Bonchev–Trinajstić information content (AvgIpc) is 2.74. The first-order chi connectivity index (χ1) is 14.6. The molecule has 6 N–H and O–H groups in total. The molecule has 0 fully saturated rings. The van der Waals surface area contributed by atoms with Crippen molar-refractivity contribution in [1.82, 2.24) is 10.3 Å². The number of rotatable bonds is 3. The lowest BCUT2D eigenvalue weighted by Crippen LogP contribution is -2.33. The number of ether oxygens (including phenoxy) is 1. The first-order valence-corrected chi connectivity index (χ1v) is 9.85. The highest BCUT2D eigenvalue weighted by Gasteiger charge is 2.32. The molecule has 0 saturated carbocycles. The molecule has 152 valence electrons. The van der Waals surface area contributed by atoms with Crippen LogP contribution in [0, 0.1) is 22.8 Å². The fourth-order valence-corrected chi connectivity index (χ4v) is 4.22. The van der Waals surface area contributed by atoms with Crippen LogP contribution in [-0.2, 0) is 12.8 Å². The summed E-state index contributed by atoms with van der Waals surface area (Å²) in [5, 5.41) is 24.1. The second-order valence-corrected chi connectivity index (χ2v) is 7.15.